The predicted octanol–water partition coefficient (Wildman–Crippen LogP) is 2.52. The minimum absolute atomic E-state index is 0.0710. The van der Waals surface area contributed by atoms with Crippen LogP contribution in [0, 0.1) is 0 Å². The minimum Gasteiger partial charge on any atom is -0.507 e. The maximum atomic E-state index is 12.3. The van der Waals surface area contributed by atoms with Gasteiger partial charge in [-0.25, -0.2) is 10.9 Å². The molecule has 29 heavy (non-hydrogen) atoms. The molecule has 2 amide bonds. The van der Waals surface area contributed by atoms with Crippen LogP contribution in [0.5, 0.6) is 5.75 Å². The van der Waals surface area contributed by atoms with Crippen molar-refractivity contribution in [2.45, 2.75) is 13.8 Å². The molecule has 0 atom stereocenters. The number of hydrazone groups is 1. The molecule has 0 unspecified atom stereocenters. The van der Waals surface area contributed by atoms with E-state index in [-0.39, 0.29) is 5.75 Å². The zero-order chi connectivity index (χ0) is 21.2. The van der Waals surface area contributed by atoms with Crippen LogP contribution in [0.4, 0.5) is 5.69 Å². The summed E-state index contributed by atoms with van der Waals surface area (Å²) in [6.07, 6.45) is 3.97. The van der Waals surface area contributed by atoms with Gasteiger partial charge in [0.15, 0.2) is 0 Å². The van der Waals surface area contributed by atoms with Gasteiger partial charge in [-0.1, -0.05) is 12.1 Å². The van der Waals surface area contributed by atoms with Crippen LogP contribution in [0.3, 0.4) is 0 Å². The fourth-order valence-electron chi connectivity index (χ4n) is 2.64. The number of anilines is 1. The zero-order valence-electron chi connectivity index (χ0n) is 16.3. The second-order valence-electron chi connectivity index (χ2n) is 6.05. The molecule has 8 heteroatoms. The van der Waals surface area contributed by atoms with Gasteiger partial charge in [-0.2, -0.15) is 5.10 Å². The van der Waals surface area contributed by atoms with E-state index in [1.54, 1.807) is 36.4 Å². The fraction of sp³-hybridized carbons (Fsp3) is 0.190. The first kappa shape index (κ1) is 21.6. The van der Waals surface area contributed by atoms with Gasteiger partial charge in [0.05, 0.1) is 6.21 Å². The summed E-state index contributed by atoms with van der Waals surface area (Å²) in [5, 5.41) is 22.6. The maximum Gasteiger partial charge on any atom is 0.271 e. The molecule has 0 fully saturated rings. The number of hydrogen-bond acceptors (Lipinski definition) is 6. The lowest BCUT2D eigenvalue weighted by molar-refractivity contribution is -0.124. The summed E-state index contributed by atoms with van der Waals surface area (Å²) < 4.78 is 0. The number of rotatable bonds is 8. The third kappa shape index (κ3) is 6.18. The summed E-state index contributed by atoms with van der Waals surface area (Å²) in [5.74, 6) is -1.04. The van der Waals surface area contributed by atoms with Crippen molar-refractivity contribution in [1.29, 1.82) is 0 Å². The Morgan fingerprint density at radius 3 is 2.55 bits per heavy atom. The van der Waals surface area contributed by atoms with Gasteiger partial charge in [-0.3, -0.25) is 14.8 Å². The summed E-state index contributed by atoms with van der Waals surface area (Å²) in [4.78, 5) is 25.4. The molecular weight excluding hydrogens is 372 g/mol. The zero-order valence-corrected chi connectivity index (χ0v) is 16.3. The van der Waals surface area contributed by atoms with E-state index in [1.165, 1.54) is 17.8 Å². The lowest BCUT2D eigenvalue weighted by atomic mass is 10.1. The van der Waals surface area contributed by atoms with E-state index >= 15 is 0 Å². The standard InChI is InChI=1S/C21H24N4O4/c1-3-25(4-2)18-10-9-17(19(26)13-18)14-22-23-21(28)16-7-5-6-15(12-16)8-11-20(27)24-29/h5-14,26,29H,3-4H2,1-2H3,(H,23,28)(H,24,27). The normalized spacial score (nSPS) is 11.0. The number of phenols is 1. The largest absolute Gasteiger partial charge is 0.507 e. The number of benzene rings is 2. The Hall–Kier alpha value is -3.65. The molecule has 0 bridgehead atoms. The van der Waals surface area contributed by atoms with E-state index < -0.39 is 11.8 Å². The number of nitrogens with one attached hydrogen (secondary N) is 2. The van der Waals surface area contributed by atoms with Crippen molar-refractivity contribution >= 4 is 29.8 Å². The molecule has 2 aromatic carbocycles. The molecular formula is C21H24N4O4. The Morgan fingerprint density at radius 2 is 1.90 bits per heavy atom. The number of carbonyl (C=O) groups is 2. The predicted molar refractivity (Wildman–Crippen MR) is 112 cm³/mol. The van der Waals surface area contributed by atoms with Gasteiger partial charge in [-0.05, 0) is 49.8 Å². The lowest BCUT2D eigenvalue weighted by Crippen LogP contribution is -2.21. The van der Waals surface area contributed by atoms with Crippen LogP contribution < -0.4 is 15.8 Å². The second-order valence-corrected chi connectivity index (χ2v) is 6.05. The SMILES string of the molecule is CCN(CC)c1ccc(C=NNC(=O)c2cccc(C=CC(=O)NO)c2)c(O)c1. The van der Waals surface area contributed by atoms with Crippen molar-refractivity contribution in [1.82, 2.24) is 10.9 Å². The highest BCUT2D eigenvalue weighted by Crippen LogP contribution is 2.23. The molecule has 0 aliphatic heterocycles. The number of carbonyl (C=O) groups excluding carboxylic acids is 2. The van der Waals surface area contributed by atoms with Crippen LogP contribution in [-0.4, -0.2) is 41.4 Å². The van der Waals surface area contributed by atoms with Gasteiger partial charge in [0.2, 0.25) is 0 Å². The molecule has 0 aromatic heterocycles. The Balaban J connectivity index is 2.04. The molecule has 0 aliphatic rings. The van der Waals surface area contributed by atoms with Crippen LogP contribution in [0.2, 0.25) is 0 Å². The van der Waals surface area contributed by atoms with Gasteiger partial charge in [-0.15, -0.1) is 0 Å². The number of amides is 2. The summed E-state index contributed by atoms with van der Waals surface area (Å²) >= 11 is 0. The third-order valence-corrected chi connectivity index (χ3v) is 4.20. The molecule has 0 saturated carbocycles. The van der Waals surface area contributed by atoms with E-state index in [9.17, 15) is 14.7 Å². The third-order valence-electron chi connectivity index (χ3n) is 4.20. The van der Waals surface area contributed by atoms with Crippen LogP contribution in [0.25, 0.3) is 6.08 Å². The van der Waals surface area contributed by atoms with Crippen LogP contribution >= 0.6 is 0 Å². The number of nitrogens with zero attached hydrogens (tertiary/aromatic N) is 2. The molecule has 2 rings (SSSR count). The summed E-state index contributed by atoms with van der Waals surface area (Å²) in [5.41, 5.74) is 6.23. The highest BCUT2D eigenvalue weighted by Gasteiger charge is 2.07. The Kier molecular flexibility index (Phi) is 7.93. The molecule has 0 radical (unpaired) electrons. The number of hydroxylamine groups is 1. The summed E-state index contributed by atoms with van der Waals surface area (Å²) in [6, 6.07) is 11.8. The fourth-order valence-corrected chi connectivity index (χ4v) is 2.64. The number of hydrogen-bond donors (Lipinski definition) is 4. The Labute approximate surface area is 169 Å². The second kappa shape index (κ2) is 10.6. The van der Waals surface area contributed by atoms with Crippen molar-refractivity contribution in [2.75, 3.05) is 18.0 Å². The molecule has 152 valence electrons. The molecule has 0 aliphatic carbocycles. The summed E-state index contributed by atoms with van der Waals surface area (Å²) in [6.45, 7) is 5.74. The highest BCUT2D eigenvalue weighted by molar-refractivity contribution is 5.96. The topological polar surface area (TPSA) is 114 Å². The molecule has 4 N–H and O–H groups in total. The van der Waals surface area contributed by atoms with Crippen molar-refractivity contribution in [3.63, 3.8) is 0 Å². The average molecular weight is 396 g/mol. The van der Waals surface area contributed by atoms with Gasteiger partial charge in [0.25, 0.3) is 11.8 Å². The molecule has 0 heterocycles. The quantitative estimate of drug-likeness (QED) is 0.237. The first-order valence-electron chi connectivity index (χ1n) is 9.12. The van der Waals surface area contributed by atoms with Gasteiger partial charge >= 0.3 is 0 Å². The maximum absolute atomic E-state index is 12.3. The van der Waals surface area contributed by atoms with Crippen molar-refractivity contribution in [3.05, 3.63) is 65.2 Å². The van der Waals surface area contributed by atoms with Crippen molar-refractivity contribution in [3.8, 4) is 5.75 Å². The van der Waals surface area contributed by atoms with Crippen LogP contribution in [0.1, 0.15) is 35.3 Å². The number of aromatic hydroxyl groups is 1. The first-order chi connectivity index (χ1) is 14.0. The molecule has 8 nitrogen and oxygen atoms in total. The lowest BCUT2D eigenvalue weighted by Gasteiger charge is -2.21. The van der Waals surface area contributed by atoms with E-state index in [2.05, 4.69) is 15.4 Å². The van der Waals surface area contributed by atoms with Gasteiger partial charge in [0.1, 0.15) is 5.75 Å². The van der Waals surface area contributed by atoms with Crippen molar-refractivity contribution < 1.29 is 19.9 Å². The molecule has 0 spiro atoms. The number of phenolic OH excluding ortho intramolecular Hbond substituents is 1. The molecule has 0 saturated heterocycles. The van der Waals surface area contributed by atoms with Gasteiger partial charge in [0, 0.05) is 42.0 Å². The first-order valence-corrected chi connectivity index (χ1v) is 9.12. The smallest absolute Gasteiger partial charge is 0.271 e. The molecule has 2 aromatic rings. The van der Waals surface area contributed by atoms with E-state index in [1.807, 2.05) is 19.9 Å². The van der Waals surface area contributed by atoms with Crippen molar-refractivity contribution in [2.24, 2.45) is 5.10 Å². The highest BCUT2D eigenvalue weighted by atomic mass is 16.5. The van der Waals surface area contributed by atoms with E-state index in [4.69, 9.17) is 5.21 Å². The van der Waals surface area contributed by atoms with Gasteiger partial charge < -0.3 is 10.0 Å². The minimum atomic E-state index is -0.670. The Morgan fingerprint density at radius 1 is 1.14 bits per heavy atom. The average Bonchev–Trinajstić information content (AvgIpc) is 2.74. The summed E-state index contributed by atoms with van der Waals surface area (Å²) in [7, 11) is 0. The van der Waals surface area contributed by atoms with E-state index in [0.717, 1.165) is 24.9 Å². The Bertz CT molecular complexity index is 921. The van der Waals surface area contributed by atoms with E-state index in [0.29, 0.717) is 16.7 Å². The monoisotopic (exact) mass is 396 g/mol. The van der Waals surface area contributed by atoms with Crippen LogP contribution in [0.15, 0.2) is 53.6 Å². The van der Waals surface area contributed by atoms with Crippen LogP contribution in [-0.2, 0) is 4.79 Å².